The number of fused-ring (bicyclic) bond motifs is 1. The quantitative estimate of drug-likeness (QED) is 0.586. The van der Waals surface area contributed by atoms with E-state index in [1.807, 2.05) is 0 Å². The molecule has 1 N–H and O–H groups in total. The second-order valence-corrected chi connectivity index (χ2v) is 5.90. The fourth-order valence-electron chi connectivity index (χ4n) is 2.74. The number of nitrogens with zero attached hydrogens (tertiary/aromatic N) is 3. The number of anilines is 1. The molecule has 1 amide bonds. The molecular formula is C19H12F2N4O3. The van der Waals surface area contributed by atoms with Crippen LogP contribution in [-0.4, -0.2) is 20.6 Å². The molecule has 0 saturated heterocycles. The van der Waals surface area contributed by atoms with E-state index in [1.54, 1.807) is 12.1 Å². The van der Waals surface area contributed by atoms with Crippen molar-refractivity contribution in [1.29, 1.82) is 0 Å². The second kappa shape index (κ2) is 7.03. The molecule has 0 aliphatic rings. The SMILES string of the molecule is O=C(Cn1cnc2onc(-c3ccccc3F)c2c1=O)Nc1ccccc1F. The first kappa shape index (κ1) is 17.5. The van der Waals surface area contributed by atoms with Crippen LogP contribution in [0.5, 0.6) is 0 Å². The van der Waals surface area contributed by atoms with E-state index >= 15 is 0 Å². The van der Waals surface area contributed by atoms with Gasteiger partial charge in [0.1, 0.15) is 35.6 Å². The molecule has 28 heavy (non-hydrogen) atoms. The zero-order chi connectivity index (χ0) is 19.7. The molecular weight excluding hydrogens is 370 g/mol. The fourth-order valence-corrected chi connectivity index (χ4v) is 2.74. The van der Waals surface area contributed by atoms with Crippen molar-refractivity contribution in [1.82, 2.24) is 14.7 Å². The van der Waals surface area contributed by atoms with Crippen LogP contribution in [0.2, 0.25) is 0 Å². The predicted molar refractivity (Wildman–Crippen MR) is 96.5 cm³/mol. The summed E-state index contributed by atoms with van der Waals surface area (Å²) in [5, 5.41) is 6.08. The van der Waals surface area contributed by atoms with Gasteiger partial charge < -0.3 is 9.84 Å². The van der Waals surface area contributed by atoms with Crippen LogP contribution in [0.3, 0.4) is 0 Å². The Morgan fingerprint density at radius 1 is 1.07 bits per heavy atom. The number of rotatable bonds is 4. The first-order valence-electron chi connectivity index (χ1n) is 8.18. The van der Waals surface area contributed by atoms with Crippen LogP contribution < -0.4 is 10.9 Å². The van der Waals surface area contributed by atoms with Crippen molar-refractivity contribution >= 4 is 22.7 Å². The third-order valence-corrected chi connectivity index (χ3v) is 4.05. The molecule has 2 aromatic heterocycles. The van der Waals surface area contributed by atoms with Crippen LogP contribution in [-0.2, 0) is 11.3 Å². The van der Waals surface area contributed by atoms with Gasteiger partial charge in [-0.25, -0.2) is 13.8 Å². The van der Waals surface area contributed by atoms with Gasteiger partial charge in [-0.2, -0.15) is 0 Å². The molecule has 9 heteroatoms. The van der Waals surface area contributed by atoms with E-state index in [2.05, 4.69) is 15.5 Å². The summed E-state index contributed by atoms with van der Waals surface area (Å²) in [5.41, 5.74) is -0.642. The normalized spacial score (nSPS) is 10.9. The largest absolute Gasteiger partial charge is 0.335 e. The first-order chi connectivity index (χ1) is 13.5. The summed E-state index contributed by atoms with van der Waals surface area (Å²) in [6.45, 7) is -0.419. The zero-order valence-electron chi connectivity index (χ0n) is 14.2. The van der Waals surface area contributed by atoms with Gasteiger partial charge in [0, 0.05) is 5.56 Å². The topological polar surface area (TPSA) is 90.0 Å². The predicted octanol–water partition coefficient (Wildman–Crippen LogP) is 2.97. The minimum Gasteiger partial charge on any atom is -0.335 e. The number of halogens is 2. The molecule has 0 bridgehead atoms. The molecule has 4 aromatic rings. The van der Waals surface area contributed by atoms with Crippen LogP contribution in [0, 0.1) is 11.6 Å². The fraction of sp³-hybridized carbons (Fsp3) is 0.0526. The molecule has 0 aliphatic carbocycles. The summed E-state index contributed by atoms with van der Waals surface area (Å²) in [4.78, 5) is 29.0. The summed E-state index contributed by atoms with van der Waals surface area (Å²) in [6, 6.07) is 11.4. The molecule has 140 valence electrons. The summed E-state index contributed by atoms with van der Waals surface area (Å²) in [6.07, 6.45) is 1.11. The van der Waals surface area contributed by atoms with Crippen LogP contribution in [0.15, 0.2) is 64.2 Å². The Morgan fingerprint density at radius 2 is 1.79 bits per heavy atom. The lowest BCUT2D eigenvalue weighted by Crippen LogP contribution is -2.28. The number of carbonyl (C=O) groups excluding carboxylic acids is 1. The lowest BCUT2D eigenvalue weighted by molar-refractivity contribution is -0.116. The number of hydrogen-bond acceptors (Lipinski definition) is 5. The number of amides is 1. The maximum Gasteiger partial charge on any atom is 0.267 e. The summed E-state index contributed by atoms with van der Waals surface area (Å²) in [5.74, 6) is -1.81. The Hall–Kier alpha value is -3.88. The van der Waals surface area contributed by atoms with Gasteiger partial charge in [0.25, 0.3) is 11.3 Å². The highest BCUT2D eigenvalue weighted by molar-refractivity contribution is 5.91. The Kier molecular flexibility index (Phi) is 4.40. The van der Waals surface area contributed by atoms with E-state index in [1.165, 1.54) is 36.4 Å². The van der Waals surface area contributed by atoms with Gasteiger partial charge in [-0.05, 0) is 24.3 Å². The number of benzene rings is 2. The van der Waals surface area contributed by atoms with Gasteiger partial charge in [-0.15, -0.1) is 0 Å². The highest BCUT2D eigenvalue weighted by Gasteiger charge is 2.20. The van der Waals surface area contributed by atoms with E-state index in [-0.39, 0.29) is 28.0 Å². The molecule has 0 unspecified atom stereocenters. The van der Waals surface area contributed by atoms with E-state index in [4.69, 9.17) is 4.52 Å². The van der Waals surface area contributed by atoms with E-state index < -0.39 is 29.6 Å². The smallest absolute Gasteiger partial charge is 0.267 e. The van der Waals surface area contributed by atoms with Crippen molar-refractivity contribution in [2.45, 2.75) is 6.54 Å². The Morgan fingerprint density at radius 3 is 2.54 bits per heavy atom. The molecule has 0 fully saturated rings. The van der Waals surface area contributed by atoms with Crippen molar-refractivity contribution in [2.24, 2.45) is 0 Å². The number of para-hydroxylation sites is 1. The van der Waals surface area contributed by atoms with Gasteiger partial charge >= 0.3 is 0 Å². The van der Waals surface area contributed by atoms with Gasteiger partial charge in [-0.1, -0.05) is 29.4 Å². The van der Waals surface area contributed by atoms with Crippen LogP contribution in [0.1, 0.15) is 0 Å². The molecule has 0 atom stereocenters. The minimum absolute atomic E-state index is 0.00513. The number of nitrogens with one attached hydrogen (secondary N) is 1. The lowest BCUT2D eigenvalue weighted by atomic mass is 10.1. The monoisotopic (exact) mass is 382 g/mol. The van der Waals surface area contributed by atoms with Gasteiger partial charge in [0.15, 0.2) is 0 Å². The highest BCUT2D eigenvalue weighted by atomic mass is 19.1. The first-order valence-corrected chi connectivity index (χ1v) is 8.18. The Balaban J connectivity index is 1.69. The van der Waals surface area contributed by atoms with E-state index in [9.17, 15) is 18.4 Å². The molecule has 0 aliphatic heterocycles. The molecule has 0 spiro atoms. The maximum atomic E-state index is 14.1. The molecule has 0 saturated carbocycles. The van der Waals surface area contributed by atoms with Crippen molar-refractivity contribution in [2.75, 3.05) is 5.32 Å². The Bertz CT molecular complexity index is 1250. The van der Waals surface area contributed by atoms with E-state index in [0.29, 0.717) is 0 Å². The molecule has 7 nitrogen and oxygen atoms in total. The van der Waals surface area contributed by atoms with Gasteiger partial charge in [0.05, 0.1) is 5.69 Å². The standard InChI is InChI=1S/C19H12F2N4O3/c20-12-6-2-1-5-11(12)17-16-18(28-24-17)22-10-25(19(16)27)9-15(26)23-14-8-4-3-7-13(14)21/h1-8,10H,9H2,(H,23,26). The van der Waals surface area contributed by atoms with Crippen LogP contribution in [0.4, 0.5) is 14.5 Å². The van der Waals surface area contributed by atoms with Gasteiger partial charge in [0.2, 0.25) is 5.91 Å². The van der Waals surface area contributed by atoms with Crippen molar-refractivity contribution < 1.29 is 18.1 Å². The maximum absolute atomic E-state index is 14.1. The van der Waals surface area contributed by atoms with Crippen molar-refractivity contribution in [3.8, 4) is 11.3 Å². The van der Waals surface area contributed by atoms with Crippen molar-refractivity contribution in [3.05, 3.63) is 76.8 Å². The Labute approximate surface area is 156 Å². The number of hydrogen-bond donors (Lipinski definition) is 1. The number of carbonyl (C=O) groups is 1. The van der Waals surface area contributed by atoms with Crippen LogP contribution in [0.25, 0.3) is 22.4 Å². The molecule has 4 rings (SSSR count). The third kappa shape index (κ3) is 3.13. The lowest BCUT2D eigenvalue weighted by Gasteiger charge is -2.08. The second-order valence-electron chi connectivity index (χ2n) is 5.90. The summed E-state index contributed by atoms with van der Waals surface area (Å²) >= 11 is 0. The average Bonchev–Trinajstić information content (AvgIpc) is 3.11. The van der Waals surface area contributed by atoms with E-state index in [0.717, 1.165) is 10.9 Å². The molecule has 0 radical (unpaired) electrons. The third-order valence-electron chi connectivity index (χ3n) is 4.05. The average molecular weight is 382 g/mol. The zero-order valence-corrected chi connectivity index (χ0v) is 14.2. The van der Waals surface area contributed by atoms with Crippen LogP contribution >= 0.6 is 0 Å². The minimum atomic E-state index is -0.631. The number of aromatic nitrogens is 3. The summed E-state index contributed by atoms with van der Waals surface area (Å²) < 4.78 is 33.8. The highest BCUT2D eigenvalue weighted by Crippen LogP contribution is 2.26. The van der Waals surface area contributed by atoms with Gasteiger partial charge in [-0.3, -0.25) is 14.2 Å². The molecule has 2 aromatic carbocycles. The molecule has 2 heterocycles. The summed E-state index contributed by atoms with van der Waals surface area (Å²) in [7, 11) is 0. The van der Waals surface area contributed by atoms with Crippen molar-refractivity contribution in [3.63, 3.8) is 0 Å².